The lowest BCUT2D eigenvalue weighted by Gasteiger charge is -2.42. The van der Waals surface area contributed by atoms with Crippen molar-refractivity contribution in [3.8, 4) is 0 Å². The van der Waals surface area contributed by atoms with Gasteiger partial charge in [-0.05, 0) is 12.8 Å². The molecular formula is C47H90O14. The van der Waals surface area contributed by atoms with Crippen LogP contribution in [0.5, 0.6) is 0 Å². The molecule has 14 heteroatoms. The van der Waals surface area contributed by atoms with Crippen LogP contribution in [0.1, 0.15) is 194 Å². The third kappa shape index (κ3) is 24.7. The zero-order chi connectivity index (χ0) is 44.5. The summed E-state index contributed by atoms with van der Waals surface area (Å²) in [4.78, 5) is 12.9. The molecule has 2 fully saturated rings. The summed E-state index contributed by atoms with van der Waals surface area (Å²) in [5, 5.41) is 71.9. The Hall–Kier alpha value is -1.01. The molecular weight excluding hydrogens is 789 g/mol. The molecule has 0 radical (unpaired) electrons. The van der Waals surface area contributed by atoms with Gasteiger partial charge in [0.2, 0.25) is 0 Å². The molecule has 2 saturated heterocycles. The first kappa shape index (κ1) is 56.1. The number of ether oxygens (including phenoxy) is 6. The van der Waals surface area contributed by atoms with E-state index in [1.807, 2.05) is 0 Å². The van der Waals surface area contributed by atoms with Gasteiger partial charge in [0.25, 0.3) is 0 Å². The quantitative estimate of drug-likeness (QED) is 0.0259. The lowest BCUT2D eigenvalue weighted by Crippen LogP contribution is -2.61. The van der Waals surface area contributed by atoms with Crippen molar-refractivity contribution in [3.05, 3.63) is 0 Å². The van der Waals surface area contributed by atoms with Crippen LogP contribution in [0.3, 0.4) is 0 Å². The summed E-state index contributed by atoms with van der Waals surface area (Å²) in [6.07, 6.45) is 17.6. The highest BCUT2D eigenvalue weighted by Crippen LogP contribution is 2.26. The van der Waals surface area contributed by atoms with Gasteiger partial charge in [0.15, 0.2) is 12.6 Å². The van der Waals surface area contributed by atoms with Crippen molar-refractivity contribution in [2.75, 3.05) is 33.0 Å². The molecule has 362 valence electrons. The van der Waals surface area contributed by atoms with Crippen molar-refractivity contribution in [2.45, 2.75) is 261 Å². The molecule has 0 saturated carbocycles. The third-order valence-electron chi connectivity index (χ3n) is 12.1. The van der Waals surface area contributed by atoms with Gasteiger partial charge in [-0.15, -0.1) is 0 Å². The van der Waals surface area contributed by atoms with Gasteiger partial charge in [-0.3, -0.25) is 4.79 Å². The topological polar surface area (TPSA) is 214 Å². The monoisotopic (exact) mass is 879 g/mol. The van der Waals surface area contributed by atoms with Crippen LogP contribution in [0.25, 0.3) is 0 Å². The number of carbonyl (C=O) groups is 1. The average molecular weight is 879 g/mol. The van der Waals surface area contributed by atoms with Gasteiger partial charge in [-0.25, -0.2) is 0 Å². The summed E-state index contributed by atoms with van der Waals surface area (Å²) in [7, 11) is 0. The van der Waals surface area contributed by atoms with E-state index >= 15 is 0 Å². The number of hydrogen-bond acceptors (Lipinski definition) is 14. The van der Waals surface area contributed by atoms with E-state index in [2.05, 4.69) is 13.8 Å². The van der Waals surface area contributed by atoms with E-state index in [-0.39, 0.29) is 25.6 Å². The Balaban J connectivity index is 1.72. The van der Waals surface area contributed by atoms with Gasteiger partial charge in [-0.2, -0.15) is 0 Å². The minimum absolute atomic E-state index is 0.0693. The van der Waals surface area contributed by atoms with Crippen LogP contribution in [0.2, 0.25) is 0 Å². The second-order valence-corrected chi connectivity index (χ2v) is 17.7. The van der Waals surface area contributed by atoms with Crippen LogP contribution in [0, 0.1) is 0 Å². The number of aliphatic hydroxyl groups excluding tert-OH is 7. The molecule has 7 N–H and O–H groups in total. The molecule has 14 nitrogen and oxygen atoms in total. The number of aliphatic hydroxyl groups is 7. The van der Waals surface area contributed by atoms with Crippen molar-refractivity contribution < 1.29 is 69.0 Å². The highest BCUT2D eigenvalue weighted by molar-refractivity contribution is 5.69. The molecule has 0 aromatic rings. The lowest BCUT2D eigenvalue weighted by molar-refractivity contribution is -0.332. The van der Waals surface area contributed by atoms with Crippen LogP contribution in [0.4, 0.5) is 0 Å². The van der Waals surface area contributed by atoms with Crippen LogP contribution < -0.4 is 0 Å². The van der Waals surface area contributed by atoms with Crippen molar-refractivity contribution >= 4 is 5.97 Å². The Bertz CT molecular complexity index is 1020. The first-order chi connectivity index (χ1) is 29.6. The molecule has 11 atom stereocenters. The van der Waals surface area contributed by atoms with E-state index in [0.29, 0.717) is 13.0 Å². The third-order valence-corrected chi connectivity index (χ3v) is 12.1. The Labute approximate surface area is 368 Å². The van der Waals surface area contributed by atoms with E-state index in [0.717, 1.165) is 38.5 Å². The lowest BCUT2D eigenvalue weighted by atomic mass is 9.98. The fourth-order valence-electron chi connectivity index (χ4n) is 8.05. The fraction of sp³-hybridized carbons (Fsp3) is 0.979. The zero-order valence-corrected chi connectivity index (χ0v) is 38.2. The average Bonchev–Trinajstić information content (AvgIpc) is 3.26. The Morgan fingerprint density at radius 1 is 0.475 bits per heavy atom. The minimum Gasteiger partial charge on any atom is -0.457 e. The summed E-state index contributed by atoms with van der Waals surface area (Å²) < 4.78 is 34.1. The molecule has 2 heterocycles. The molecule has 0 aromatic heterocycles. The number of carbonyl (C=O) groups excluding carboxylic acids is 1. The van der Waals surface area contributed by atoms with E-state index in [1.165, 1.54) is 128 Å². The first-order valence-corrected chi connectivity index (χ1v) is 24.6. The maximum Gasteiger partial charge on any atom is 0.306 e. The molecule has 0 spiro atoms. The number of unbranched alkanes of at least 4 members (excludes halogenated alkanes) is 25. The van der Waals surface area contributed by atoms with E-state index in [4.69, 9.17) is 28.4 Å². The van der Waals surface area contributed by atoms with Gasteiger partial charge in [0, 0.05) is 13.0 Å². The number of rotatable bonds is 39. The normalized spacial score (nSPS) is 27.4. The maximum absolute atomic E-state index is 12.9. The summed E-state index contributed by atoms with van der Waals surface area (Å²) in [5.41, 5.74) is 0. The van der Waals surface area contributed by atoms with Gasteiger partial charge in [0.05, 0.1) is 26.4 Å². The standard InChI is InChI=1S/C47H90O14/c1-3-5-7-9-11-13-14-15-16-17-18-19-20-21-22-23-25-27-29-31-56-33-36(59-39(49)30-28-26-24-12-10-8-6-4-2)34-57-46-45(55)43(53)41(51)38(61-46)35-58-47-44(54)42(52)40(50)37(32-48)60-47/h36-38,40-48,50-55H,3-35H2,1-2H3. The molecule has 2 aliphatic heterocycles. The molecule has 0 bridgehead atoms. The minimum atomic E-state index is -1.70. The molecule has 2 rings (SSSR count). The second-order valence-electron chi connectivity index (χ2n) is 17.7. The number of hydrogen-bond donors (Lipinski definition) is 7. The molecule has 11 unspecified atom stereocenters. The molecule has 2 aliphatic rings. The Morgan fingerprint density at radius 3 is 1.33 bits per heavy atom. The van der Waals surface area contributed by atoms with Gasteiger partial charge in [-0.1, -0.05) is 174 Å². The SMILES string of the molecule is CCCCCCCCCCCCCCCCCCCCCOCC(COC1OC(COC2OC(CO)C(O)C(O)C2O)C(O)C(O)C1O)OC(=O)CCCCCCCCCC. The molecule has 61 heavy (non-hydrogen) atoms. The van der Waals surface area contributed by atoms with Crippen molar-refractivity contribution in [1.29, 1.82) is 0 Å². The molecule has 0 amide bonds. The summed E-state index contributed by atoms with van der Waals surface area (Å²) in [5.74, 6) is -0.377. The van der Waals surface area contributed by atoms with E-state index in [1.54, 1.807) is 0 Å². The summed E-state index contributed by atoms with van der Waals surface area (Å²) >= 11 is 0. The van der Waals surface area contributed by atoms with Crippen LogP contribution in [-0.2, 0) is 33.2 Å². The Morgan fingerprint density at radius 2 is 0.869 bits per heavy atom. The highest BCUT2D eigenvalue weighted by atomic mass is 16.7. The number of esters is 1. The van der Waals surface area contributed by atoms with Gasteiger partial charge >= 0.3 is 5.97 Å². The second kappa shape index (κ2) is 36.2. The van der Waals surface area contributed by atoms with Gasteiger partial charge in [0.1, 0.15) is 54.9 Å². The van der Waals surface area contributed by atoms with E-state index in [9.17, 15) is 40.5 Å². The zero-order valence-electron chi connectivity index (χ0n) is 38.2. The summed E-state index contributed by atoms with van der Waals surface area (Å²) in [6, 6.07) is 0. The van der Waals surface area contributed by atoms with Crippen molar-refractivity contribution in [1.82, 2.24) is 0 Å². The maximum atomic E-state index is 12.9. The van der Waals surface area contributed by atoms with Crippen LogP contribution in [0.15, 0.2) is 0 Å². The molecule has 0 aromatic carbocycles. The predicted molar refractivity (Wildman–Crippen MR) is 234 cm³/mol. The highest BCUT2D eigenvalue weighted by Gasteiger charge is 2.47. The fourth-order valence-corrected chi connectivity index (χ4v) is 8.05. The Kier molecular flexibility index (Phi) is 33.3. The van der Waals surface area contributed by atoms with Crippen molar-refractivity contribution in [2.24, 2.45) is 0 Å². The molecule has 0 aliphatic carbocycles. The van der Waals surface area contributed by atoms with E-state index < -0.39 is 80.7 Å². The predicted octanol–water partition coefficient (Wildman–Crippen LogP) is 6.52. The first-order valence-electron chi connectivity index (χ1n) is 24.6. The smallest absolute Gasteiger partial charge is 0.306 e. The van der Waals surface area contributed by atoms with Crippen LogP contribution >= 0.6 is 0 Å². The summed E-state index contributed by atoms with van der Waals surface area (Å²) in [6.45, 7) is 3.68. The van der Waals surface area contributed by atoms with Crippen molar-refractivity contribution in [3.63, 3.8) is 0 Å². The largest absolute Gasteiger partial charge is 0.457 e. The van der Waals surface area contributed by atoms with Crippen LogP contribution in [-0.4, -0.2) is 142 Å². The van der Waals surface area contributed by atoms with Gasteiger partial charge < -0.3 is 64.2 Å².